The van der Waals surface area contributed by atoms with Crippen LogP contribution >= 0.6 is 11.6 Å². The Hall–Kier alpha value is -1.27. The number of carbonyl (C=O) groups is 1. The van der Waals surface area contributed by atoms with Gasteiger partial charge in [-0.3, -0.25) is 9.69 Å². The predicted octanol–water partition coefficient (Wildman–Crippen LogP) is 3.37. The smallest absolute Gasteiger partial charge is 0.351 e. The van der Waals surface area contributed by atoms with Gasteiger partial charge >= 0.3 is 6.18 Å². The number of hydrogen-bond donors (Lipinski definition) is 1. The minimum Gasteiger partial charge on any atom is -0.351 e. The quantitative estimate of drug-likeness (QED) is 0.895. The minimum atomic E-state index is -4.19. The Kier molecular flexibility index (Phi) is 5.69. The fourth-order valence-electron chi connectivity index (χ4n) is 2.60. The molecule has 1 aromatic carbocycles. The maximum Gasteiger partial charge on any atom is 0.390 e. The number of nitrogens with zero attached hydrogens (tertiary/aromatic N) is 1. The molecule has 1 amide bonds. The highest BCUT2D eigenvalue weighted by Crippen LogP contribution is 2.24. The Morgan fingerprint density at radius 2 is 2.09 bits per heavy atom. The number of likely N-dealkylation sites (tertiary alicyclic amines) is 1. The molecule has 1 fully saturated rings. The monoisotopic (exact) mass is 334 g/mol. The van der Waals surface area contributed by atoms with Crippen LogP contribution in [-0.4, -0.2) is 36.1 Å². The molecule has 22 heavy (non-hydrogen) atoms. The second-order valence-electron chi connectivity index (χ2n) is 5.37. The summed E-state index contributed by atoms with van der Waals surface area (Å²) in [5, 5.41) is 3.32. The predicted molar refractivity (Wildman–Crippen MR) is 78.6 cm³/mol. The number of benzene rings is 1. The number of nitrogens with one attached hydrogen (secondary N) is 1. The van der Waals surface area contributed by atoms with Crippen LogP contribution in [0.15, 0.2) is 24.3 Å². The van der Waals surface area contributed by atoms with E-state index in [0.29, 0.717) is 18.0 Å². The second kappa shape index (κ2) is 7.33. The molecule has 0 unspecified atom stereocenters. The zero-order chi connectivity index (χ0) is 16.2. The van der Waals surface area contributed by atoms with E-state index in [1.807, 2.05) is 6.07 Å². The molecule has 1 N–H and O–H groups in total. The van der Waals surface area contributed by atoms with Crippen LogP contribution in [0.5, 0.6) is 0 Å². The van der Waals surface area contributed by atoms with Crippen molar-refractivity contribution in [1.82, 2.24) is 10.2 Å². The summed E-state index contributed by atoms with van der Waals surface area (Å²) in [5.41, 5.74) is 0.789. The van der Waals surface area contributed by atoms with Gasteiger partial charge in [0.05, 0.1) is 12.5 Å². The fraction of sp³-hybridized carbons (Fsp3) is 0.533. The van der Waals surface area contributed by atoms with Gasteiger partial charge in [0.15, 0.2) is 0 Å². The van der Waals surface area contributed by atoms with Crippen molar-refractivity contribution in [2.45, 2.75) is 38.0 Å². The summed E-state index contributed by atoms with van der Waals surface area (Å²) in [6.07, 6.45) is -3.75. The Morgan fingerprint density at radius 1 is 1.36 bits per heavy atom. The maximum absolute atomic E-state index is 12.3. The first-order chi connectivity index (χ1) is 10.4. The van der Waals surface area contributed by atoms with Crippen LogP contribution in [0.3, 0.4) is 0 Å². The number of rotatable bonds is 5. The largest absolute Gasteiger partial charge is 0.390 e. The number of alkyl halides is 3. The molecule has 0 aromatic heterocycles. The highest BCUT2D eigenvalue weighted by atomic mass is 35.5. The van der Waals surface area contributed by atoms with E-state index in [-0.39, 0.29) is 19.0 Å². The summed E-state index contributed by atoms with van der Waals surface area (Å²) in [6, 6.07) is 6.67. The van der Waals surface area contributed by atoms with Crippen LogP contribution in [0.2, 0.25) is 5.02 Å². The van der Waals surface area contributed by atoms with Crippen LogP contribution in [0.25, 0.3) is 0 Å². The van der Waals surface area contributed by atoms with E-state index < -0.39 is 18.6 Å². The van der Waals surface area contributed by atoms with E-state index in [1.165, 1.54) is 0 Å². The molecule has 0 saturated carbocycles. The fourth-order valence-corrected chi connectivity index (χ4v) is 2.81. The Morgan fingerprint density at radius 3 is 2.77 bits per heavy atom. The number of carbonyl (C=O) groups excluding carboxylic acids is 1. The molecular weight excluding hydrogens is 317 g/mol. The van der Waals surface area contributed by atoms with Crippen molar-refractivity contribution >= 4 is 17.5 Å². The molecule has 7 heteroatoms. The van der Waals surface area contributed by atoms with Gasteiger partial charge in [-0.2, -0.15) is 13.2 Å². The third kappa shape index (κ3) is 4.88. The van der Waals surface area contributed by atoms with Crippen molar-refractivity contribution in [2.24, 2.45) is 0 Å². The molecule has 0 radical (unpaired) electrons. The average molecular weight is 335 g/mol. The van der Waals surface area contributed by atoms with Crippen molar-refractivity contribution in [3.05, 3.63) is 34.9 Å². The Labute approximate surface area is 132 Å². The van der Waals surface area contributed by atoms with Crippen LogP contribution in [0, 0.1) is 0 Å². The zero-order valence-corrected chi connectivity index (χ0v) is 12.8. The molecule has 1 aromatic rings. The van der Waals surface area contributed by atoms with E-state index in [2.05, 4.69) is 5.32 Å². The van der Waals surface area contributed by atoms with Gasteiger partial charge in [-0.15, -0.1) is 0 Å². The van der Waals surface area contributed by atoms with Crippen molar-refractivity contribution in [3.8, 4) is 0 Å². The lowest BCUT2D eigenvalue weighted by molar-refractivity contribution is -0.141. The molecule has 0 aliphatic carbocycles. The van der Waals surface area contributed by atoms with E-state index >= 15 is 0 Å². The lowest BCUT2D eigenvalue weighted by atomic mass is 10.2. The highest BCUT2D eigenvalue weighted by Gasteiger charge is 2.34. The Balaban J connectivity index is 1.87. The highest BCUT2D eigenvalue weighted by molar-refractivity contribution is 6.31. The molecule has 1 aliphatic heterocycles. The molecule has 1 heterocycles. The third-order valence-electron chi connectivity index (χ3n) is 3.76. The van der Waals surface area contributed by atoms with E-state index in [0.717, 1.165) is 12.0 Å². The minimum absolute atomic E-state index is 0.131. The van der Waals surface area contributed by atoms with Gasteiger partial charge in [0.25, 0.3) is 0 Å². The lowest BCUT2D eigenvalue weighted by Gasteiger charge is -2.24. The number of amides is 1. The van der Waals surface area contributed by atoms with Gasteiger partial charge in [-0.1, -0.05) is 29.8 Å². The molecule has 0 spiro atoms. The maximum atomic E-state index is 12.3. The van der Waals surface area contributed by atoms with Gasteiger partial charge in [0, 0.05) is 18.1 Å². The summed E-state index contributed by atoms with van der Waals surface area (Å²) < 4.78 is 36.9. The molecule has 122 valence electrons. The van der Waals surface area contributed by atoms with Crippen LogP contribution in [0.4, 0.5) is 13.2 Å². The van der Waals surface area contributed by atoms with Crippen LogP contribution in [0.1, 0.15) is 24.8 Å². The summed E-state index contributed by atoms with van der Waals surface area (Å²) >= 11 is 6.01. The van der Waals surface area contributed by atoms with Crippen molar-refractivity contribution < 1.29 is 18.0 Å². The van der Waals surface area contributed by atoms with E-state index in [4.69, 9.17) is 11.6 Å². The van der Waals surface area contributed by atoms with Crippen LogP contribution in [-0.2, 0) is 11.3 Å². The topological polar surface area (TPSA) is 32.3 Å². The molecule has 1 atom stereocenters. The molecular formula is C15H18ClF3N2O. The first-order valence-corrected chi connectivity index (χ1v) is 7.56. The molecule has 0 bridgehead atoms. The van der Waals surface area contributed by atoms with E-state index in [9.17, 15) is 18.0 Å². The standard InChI is InChI=1S/C15H18ClF3N2O/c16-12-5-2-1-4-11(12)10-20-14(22)13-6-3-8-21(13)9-7-15(17,18)19/h1-2,4-5,13H,3,6-10H2,(H,20,22)/t13-/m1/s1. The van der Waals surface area contributed by atoms with E-state index in [1.54, 1.807) is 23.1 Å². The first-order valence-electron chi connectivity index (χ1n) is 7.19. The number of halogens is 4. The lowest BCUT2D eigenvalue weighted by Crippen LogP contribution is -2.44. The molecule has 3 nitrogen and oxygen atoms in total. The normalized spacial score (nSPS) is 19.4. The summed E-state index contributed by atoms with van der Waals surface area (Å²) in [4.78, 5) is 13.8. The average Bonchev–Trinajstić information content (AvgIpc) is 2.92. The summed E-state index contributed by atoms with van der Waals surface area (Å²) in [7, 11) is 0. The van der Waals surface area contributed by atoms with Gasteiger partial charge in [0.2, 0.25) is 5.91 Å². The van der Waals surface area contributed by atoms with Crippen molar-refractivity contribution in [3.63, 3.8) is 0 Å². The second-order valence-corrected chi connectivity index (χ2v) is 5.78. The van der Waals surface area contributed by atoms with Crippen LogP contribution < -0.4 is 5.32 Å². The van der Waals surface area contributed by atoms with Crippen molar-refractivity contribution in [2.75, 3.05) is 13.1 Å². The summed E-state index contributed by atoms with van der Waals surface area (Å²) in [6.45, 7) is 0.677. The zero-order valence-electron chi connectivity index (χ0n) is 12.0. The molecule has 1 aliphatic rings. The first kappa shape index (κ1) is 17.1. The Bertz CT molecular complexity index is 522. The van der Waals surface area contributed by atoms with Gasteiger partial charge in [-0.05, 0) is 31.0 Å². The van der Waals surface area contributed by atoms with Crippen molar-refractivity contribution in [1.29, 1.82) is 0 Å². The molecule has 2 rings (SSSR count). The van der Waals surface area contributed by atoms with Gasteiger partial charge < -0.3 is 5.32 Å². The SMILES string of the molecule is O=C(NCc1ccccc1Cl)[C@H]1CCCN1CCC(F)(F)F. The molecule has 1 saturated heterocycles. The van der Waals surface area contributed by atoms with Gasteiger partial charge in [0.1, 0.15) is 0 Å². The third-order valence-corrected chi connectivity index (χ3v) is 4.13. The van der Waals surface area contributed by atoms with Gasteiger partial charge in [-0.25, -0.2) is 0 Å². The number of hydrogen-bond acceptors (Lipinski definition) is 2. The summed E-state index contributed by atoms with van der Waals surface area (Å²) in [5.74, 6) is -0.236.